The third-order valence-corrected chi connectivity index (χ3v) is 7.65. The molecule has 0 aliphatic carbocycles. The zero-order chi connectivity index (χ0) is 21.3. The second kappa shape index (κ2) is 13.5. The first kappa shape index (κ1) is 26.2. The van der Waals surface area contributed by atoms with Crippen LogP contribution < -0.4 is 0 Å². The minimum atomic E-state index is 0.633. The number of ether oxygens (including phenoxy) is 1. The molecule has 28 heavy (non-hydrogen) atoms. The number of nitrogens with zero attached hydrogens (tertiary/aromatic N) is 3. The molecule has 3 unspecified atom stereocenters. The summed E-state index contributed by atoms with van der Waals surface area (Å²) >= 11 is 2.04. The van der Waals surface area contributed by atoms with E-state index in [0.29, 0.717) is 12.0 Å². The van der Waals surface area contributed by atoms with E-state index in [1.165, 1.54) is 31.0 Å². The molecule has 3 atom stereocenters. The van der Waals surface area contributed by atoms with E-state index in [9.17, 15) is 0 Å². The molecule has 3 rings (SSSR count). The SMILES string of the molecule is CC(C)C1CCCN1C.CC(C)C1COCCN1C.CC(C)C1CSCN1C. The normalized spacial score (nSPS) is 29.8. The van der Waals surface area contributed by atoms with Crippen LogP contribution in [0.15, 0.2) is 0 Å². The fourth-order valence-electron chi connectivity index (χ4n) is 4.43. The van der Waals surface area contributed by atoms with Crippen LogP contribution in [-0.4, -0.2) is 91.9 Å². The van der Waals surface area contributed by atoms with Crippen LogP contribution in [-0.2, 0) is 4.74 Å². The molecular formula is C23H49N3OS. The van der Waals surface area contributed by atoms with Crippen molar-refractivity contribution in [3.63, 3.8) is 0 Å². The molecule has 3 fully saturated rings. The van der Waals surface area contributed by atoms with Crippen LogP contribution in [0.25, 0.3) is 0 Å². The Morgan fingerprint density at radius 2 is 1.32 bits per heavy atom. The van der Waals surface area contributed by atoms with Gasteiger partial charge in [-0.05, 0) is 58.3 Å². The number of hydrogen-bond donors (Lipinski definition) is 0. The molecule has 3 saturated heterocycles. The quantitative estimate of drug-likeness (QED) is 0.680. The summed E-state index contributed by atoms with van der Waals surface area (Å²) in [6, 6.07) is 2.33. The van der Waals surface area contributed by atoms with E-state index < -0.39 is 0 Å². The molecule has 0 aromatic rings. The second-order valence-electron chi connectivity index (χ2n) is 9.87. The van der Waals surface area contributed by atoms with Gasteiger partial charge in [-0.1, -0.05) is 41.5 Å². The molecule has 0 radical (unpaired) electrons. The van der Waals surface area contributed by atoms with Gasteiger partial charge in [-0.3, -0.25) is 9.80 Å². The summed E-state index contributed by atoms with van der Waals surface area (Å²) in [7, 11) is 6.62. The van der Waals surface area contributed by atoms with Crippen LogP contribution in [0.5, 0.6) is 0 Å². The maximum Gasteiger partial charge on any atom is 0.0624 e. The highest BCUT2D eigenvalue weighted by Crippen LogP contribution is 2.23. The lowest BCUT2D eigenvalue weighted by atomic mass is 10.0. The average molecular weight is 416 g/mol. The lowest BCUT2D eigenvalue weighted by molar-refractivity contribution is -0.0111. The Bertz CT molecular complexity index is 381. The highest BCUT2D eigenvalue weighted by atomic mass is 32.2. The van der Waals surface area contributed by atoms with Crippen molar-refractivity contribution in [3.8, 4) is 0 Å². The molecule has 0 N–H and O–H groups in total. The smallest absolute Gasteiger partial charge is 0.0624 e. The molecule has 168 valence electrons. The summed E-state index contributed by atoms with van der Waals surface area (Å²) in [5.41, 5.74) is 0. The van der Waals surface area contributed by atoms with Crippen LogP contribution in [0.3, 0.4) is 0 Å². The van der Waals surface area contributed by atoms with Crippen LogP contribution in [0.2, 0.25) is 0 Å². The predicted octanol–water partition coefficient (Wildman–Crippen LogP) is 4.36. The second-order valence-corrected chi connectivity index (χ2v) is 10.9. The number of thioether (sulfide) groups is 1. The largest absolute Gasteiger partial charge is 0.378 e. The molecule has 0 amide bonds. The standard InChI is InChI=1S/C8H17NO.C8H17N.C7H15NS/c1-7(2)8-6-10-5-4-9(8)3;1-7(2)8-5-4-6-9(8)3;1-6(2)7-4-9-5-8(7)3/h7-8H,4-6H2,1-3H3;7-8H,4-6H2,1-3H3;6-7H,4-5H2,1-3H3. The maximum absolute atomic E-state index is 5.37. The predicted molar refractivity (Wildman–Crippen MR) is 126 cm³/mol. The van der Waals surface area contributed by atoms with Crippen molar-refractivity contribution in [1.29, 1.82) is 0 Å². The highest BCUT2D eigenvalue weighted by molar-refractivity contribution is 7.99. The van der Waals surface area contributed by atoms with Gasteiger partial charge in [-0.25, -0.2) is 0 Å². The number of likely N-dealkylation sites (N-methyl/N-ethyl adjacent to an activating group) is 1. The van der Waals surface area contributed by atoms with Gasteiger partial charge in [0.15, 0.2) is 0 Å². The van der Waals surface area contributed by atoms with E-state index in [4.69, 9.17) is 4.74 Å². The maximum atomic E-state index is 5.37. The Morgan fingerprint density at radius 1 is 0.750 bits per heavy atom. The van der Waals surface area contributed by atoms with Crippen LogP contribution >= 0.6 is 11.8 Å². The number of rotatable bonds is 3. The number of hydrogen-bond acceptors (Lipinski definition) is 5. The third-order valence-electron chi connectivity index (χ3n) is 6.48. The summed E-state index contributed by atoms with van der Waals surface area (Å²) in [4.78, 5) is 7.30. The first-order valence-corrected chi connectivity index (χ1v) is 12.6. The monoisotopic (exact) mass is 415 g/mol. The molecule has 0 aromatic heterocycles. The lowest BCUT2D eigenvalue weighted by Crippen LogP contribution is -2.45. The number of morpholine rings is 1. The van der Waals surface area contributed by atoms with E-state index in [1.54, 1.807) is 0 Å². The van der Waals surface area contributed by atoms with Gasteiger partial charge in [-0.15, -0.1) is 11.8 Å². The molecule has 5 heteroatoms. The van der Waals surface area contributed by atoms with E-state index in [0.717, 1.165) is 43.7 Å². The third kappa shape index (κ3) is 8.91. The number of likely N-dealkylation sites (tertiary alicyclic amines) is 1. The first-order valence-electron chi connectivity index (χ1n) is 11.4. The zero-order valence-electron chi connectivity index (χ0n) is 20.3. The Balaban J connectivity index is 0.000000210. The Morgan fingerprint density at radius 3 is 1.61 bits per heavy atom. The van der Waals surface area contributed by atoms with Crippen molar-refractivity contribution in [1.82, 2.24) is 14.7 Å². The van der Waals surface area contributed by atoms with Crippen molar-refractivity contribution in [2.24, 2.45) is 17.8 Å². The summed E-state index contributed by atoms with van der Waals surface area (Å²) in [5, 5.41) is 0. The van der Waals surface area contributed by atoms with Gasteiger partial charge in [0.05, 0.1) is 13.2 Å². The topological polar surface area (TPSA) is 19.0 Å². The fourth-order valence-corrected chi connectivity index (χ4v) is 5.89. The van der Waals surface area contributed by atoms with E-state index in [-0.39, 0.29) is 0 Å². The molecule has 3 aliphatic rings. The Hall–Kier alpha value is 0.190. The molecule has 3 aliphatic heterocycles. The fraction of sp³-hybridized carbons (Fsp3) is 1.00. The summed E-state index contributed by atoms with van der Waals surface area (Å²) in [5.74, 6) is 4.93. The van der Waals surface area contributed by atoms with E-state index >= 15 is 0 Å². The minimum Gasteiger partial charge on any atom is -0.378 e. The van der Waals surface area contributed by atoms with E-state index in [1.807, 2.05) is 11.8 Å². The van der Waals surface area contributed by atoms with Gasteiger partial charge in [0.25, 0.3) is 0 Å². The zero-order valence-corrected chi connectivity index (χ0v) is 21.1. The van der Waals surface area contributed by atoms with Gasteiger partial charge in [0, 0.05) is 36.3 Å². The molecule has 0 bridgehead atoms. The summed E-state index contributed by atoms with van der Waals surface area (Å²) in [6.07, 6.45) is 2.81. The van der Waals surface area contributed by atoms with Crippen molar-refractivity contribution in [2.45, 2.75) is 72.5 Å². The molecule has 4 nitrogen and oxygen atoms in total. The Labute approximate surface area is 180 Å². The van der Waals surface area contributed by atoms with Gasteiger partial charge < -0.3 is 9.64 Å². The molecule has 0 aromatic carbocycles. The van der Waals surface area contributed by atoms with Crippen LogP contribution in [0.4, 0.5) is 0 Å². The van der Waals surface area contributed by atoms with Gasteiger partial charge in [0.1, 0.15) is 0 Å². The highest BCUT2D eigenvalue weighted by Gasteiger charge is 2.24. The molecule has 3 heterocycles. The van der Waals surface area contributed by atoms with Crippen LogP contribution in [0.1, 0.15) is 54.4 Å². The van der Waals surface area contributed by atoms with Crippen molar-refractivity contribution in [3.05, 3.63) is 0 Å². The Kier molecular flexibility index (Phi) is 12.6. The molecule has 0 spiro atoms. The molecule has 0 saturated carbocycles. The van der Waals surface area contributed by atoms with Crippen molar-refractivity contribution >= 4 is 11.8 Å². The summed E-state index contributed by atoms with van der Waals surface area (Å²) < 4.78 is 5.37. The van der Waals surface area contributed by atoms with E-state index in [2.05, 4.69) is 77.4 Å². The van der Waals surface area contributed by atoms with Crippen LogP contribution in [0, 0.1) is 17.8 Å². The average Bonchev–Trinajstić information content (AvgIpc) is 3.24. The van der Waals surface area contributed by atoms with Gasteiger partial charge in [0.2, 0.25) is 0 Å². The molecular weight excluding hydrogens is 366 g/mol. The lowest BCUT2D eigenvalue weighted by Gasteiger charge is -2.34. The minimum absolute atomic E-state index is 0.633. The first-order chi connectivity index (χ1) is 13.1. The van der Waals surface area contributed by atoms with Gasteiger partial charge in [-0.2, -0.15) is 0 Å². The van der Waals surface area contributed by atoms with Crippen molar-refractivity contribution in [2.75, 3.05) is 59.1 Å². The van der Waals surface area contributed by atoms with Crippen molar-refractivity contribution < 1.29 is 4.74 Å². The summed E-state index contributed by atoms with van der Waals surface area (Å²) in [6.45, 7) is 17.9. The van der Waals surface area contributed by atoms with Gasteiger partial charge >= 0.3 is 0 Å².